The van der Waals surface area contributed by atoms with Gasteiger partial charge >= 0.3 is 0 Å². The fraction of sp³-hybridized carbons (Fsp3) is 1.00. The second-order valence-corrected chi connectivity index (χ2v) is 7.27. The Morgan fingerprint density at radius 3 is 1.75 bits per heavy atom. The van der Waals surface area contributed by atoms with E-state index in [1.807, 2.05) is 0 Å². The number of aliphatic hydroxyl groups is 1. The molecule has 0 rings (SSSR count). The van der Waals surface area contributed by atoms with Crippen molar-refractivity contribution in [3.8, 4) is 0 Å². The molecular formula is C15H32O4S. The molecule has 1 unspecified atom stereocenters. The van der Waals surface area contributed by atoms with Crippen molar-refractivity contribution in [3.05, 3.63) is 0 Å². The van der Waals surface area contributed by atoms with Crippen LogP contribution < -0.4 is 0 Å². The normalized spacial score (nSPS) is 13.6. The Balaban J connectivity index is 3.25. The highest BCUT2D eigenvalue weighted by molar-refractivity contribution is 7.85. The highest BCUT2D eigenvalue weighted by Crippen LogP contribution is 2.13. The predicted octanol–water partition coefficient (Wildman–Crippen LogP) is 3.94. The lowest BCUT2D eigenvalue weighted by Gasteiger charge is -2.09. The van der Waals surface area contributed by atoms with Crippen molar-refractivity contribution < 1.29 is 18.1 Å². The molecule has 0 amide bonds. The Labute approximate surface area is 124 Å². The minimum atomic E-state index is -3.87. The van der Waals surface area contributed by atoms with Crippen LogP contribution in [0.3, 0.4) is 0 Å². The molecule has 4 nitrogen and oxygen atoms in total. The minimum absolute atomic E-state index is 0.248. The molecule has 0 spiro atoms. The molecule has 0 aromatic rings. The van der Waals surface area contributed by atoms with Crippen molar-refractivity contribution in [1.29, 1.82) is 0 Å². The van der Waals surface area contributed by atoms with Gasteiger partial charge in [-0.3, -0.25) is 4.55 Å². The lowest BCUT2D eigenvalue weighted by molar-refractivity contribution is 0.150. The first kappa shape index (κ1) is 19.9. The molecule has 0 aromatic carbocycles. The summed E-state index contributed by atoms with van der Waals surface area (Å²) in [5.74, 6) is -0.248. The van der Waals surface area contributed by atoms with E-state index in [9.17, 15) is 13.5 Å². The average molecular weight is 308 g/mol. The van der Waals surface area contributed by atoms with Gasteiger partial charge in [0.2, 0.25) is 0 Å². The molecule has 0 fully saturated rings. The molecule has 2 N–H and O–H groups in total. The summed E-state index contributed by atoms with van der Waals surface area (Å²) >= 11 is 0. The maximum atomic E-state index is 10.5. The first-order valence-corrected chi connectivity index (χ1v) is 9.70. The molecule has 0 aromatic heterocycles. The Hall–Kier alpha value is -0.130. The van der Waals surface area contributed by atoms with E-state index in [1.54, 1.807) is 0 Å². The first-order chi connectivity index (χ1) is 9.45. The summed E-state index contributed by atoms with van der Waals surface area (Å²) < 4.78 is 29.6. The van der Waals surface area contributed by atoms with Crippen molar-refractivity contribution >= 4 is 10.1 Å². The van der Waals surface area contributed by atoms with Crippen LogP contribution in [0.5, 0.6) is 0 Å². The fourth-order valence-electron chi connectivity index (χ4n) is 2.34. The van der Waals surface area contributed by atoms with Crippen molar-refractivity contribution in [2.24, 2.45) is 0 Å². The summed E-state index contributed by atoms with van der Waals surface area (Å²) in [4.78, 5) is 0. The van der Waals surface area contributed by atoms with E-state index in [2.05, 4.69) is 6.92 Å². The van der Waals surface area contributed by atoms with Crippen LogP contribution in [0.15, 0.2) is 0 Å². The number of hydrogen-bond donors (Lipinski definition) is 2. The second-order valence-electron chi connectivity index (χ2n) is 5.70. The molecule has 0 bridgehead atoms. The fourth-order valence-corrected chi connectivity index (χ4v) is 2.87. The molecule has 0 aliphatic carbocycles. The Morgan fingerprint density at radius 2 is 1.25 bits per heavy atom. The van der Waals surface area contributed by atoms with Crippen LogP contribution in [0.2, 0.25) is 0 Å². The van der Waals surface area contributed by atoms with Gasteiger partial charge in [-0.25, -0.2) is 0 Å². The van der Waals surface area contributed by atoms with Crippen LogP contribution in [0.1, 0.15) is 84.0 Å². The lowest BCUT2D eigenvalue weighted by atomic mass is 10.0. The third-order valence-electron chi connectivity index (χ3n) is 3.58. The highest BCUT2D eigenvalue weighted by Gasteiger charge is 2.08. The van der Waals surface area contributed by atoms with Gasteiger partial charge in [0.1, 0.15) is 0 Å². The molecule has 0 aliphatic rings. The summed E-state index contributed by atoms with van der Waals surface area (Å²) in [5.41, 5.74) is 0. The van der Waals surface area contributed by atoms with Crippen molar-refractivity contribution in [1.82, 2.24) is 0 Å². The summed E-state index contributed by atoms with van der Waals surface area (Å²) in [6, 6.07) is 0. The van der Waals surface area contributed by atoms with Crippen LogP contribution in [-0.4, -0.2) is 29.9 Å². The Morgan fingerprint density at radius 1 is 0.800 bits per heavy atom. The molecular weight excluding hydrogens is 276 g/mol. The molecule has 0 radical (unpaired) electrons. The van der Waals surface area contributed by atoms with Gasteiger partial charge in [0.05, 0.1) is 11.9 Å². The highest BCUT2D eigenvalue weighted by atomic mass is 32.2. The number of hydrogen-bond acceptors (Lipinski definition) is 3. The maximum absolute atomic E-state index is 10.5. The predicted molar refractivity (Wildman–Crippen MR) is 83.5 cm³/mol. The molecule has 122 valence electrons. The van der Waals surface area contributed by atoms with Gasteiger partial charge in [0, 0.05) is 0 Å². The molecule has 0 saturated carbocycles. The Kier molecular flexibility index (Phi) is 12.5. The van der Waals surface area contributed by atoms with Crippen LogP contribution >= 0.6 is 0 Å². The maximum Gasteiger partial charge on any atom is 0.264 e. The van der Waals surface area contributed by atoms with Crippen LogP contribution in [0.4, 0.5) is 0 Å². The van der Waals surface area contributed by atoms with E-state index in [0.29, 0.717) is 12.8 Å². The van der Waals surface area contributed by atoms with Crippen molar-refractivity contribution in [3.63, 3.8) is 0 Å². The van der Waals surface area contributed by atoms with Gasteiger partial charge in [-0.2, -0.15) is 8.42 Å². The number of unbranched alkanes of at least 4 members (excludes halogenated alkanes) is 8. The van der Waals surface area contributed by atoms with Gasteiger partial charge in [-0.05, 0) is 19.3 Å². The SMILES string of the molecule is CCCCCCCCCCCC(O)CCCS(=O)(=O)O. The van der Waals surface area contributed by atoms with Crippen molar-refractivity contribution in [2.75, 3.05) is 5.75 Å². The van der Waals surface area contributed by atoms with Gasteiger partial charge in [0.25, 0.3) is 10.1 Å². The van der Waals surface area contributed by atoms with E-state index in [-0.39, 0.29) is 5.75 Å². The molecule has 5 heteroatoms. The molecule has 0 aliphatic heterocycles. The molecule has 1 atom stereocenters. The third kappa shape index (κ3) is 15.9. The van der Waals surface area contributed by atoms with Crippen molar-refractivity contribution in [2.45, 2.75) is 90.1 Å². The second kappa shape index (κ2) is 12.6. The quantitative estimate of drug-likeness (QED) is 0.376. The standard InChI is InChI=1S/C15H32O4S/c1-2-3-4-5-6-7-8-9-10-12-15(16)13-11-14-20(17,18)19/h15-16H,2-14H2,1H3,(H,17,18,19). The zero-order valence-electron chi connectivity index (χ0n) is 12.9. The molecule has 0 heterocycles. The van der Waals surface area contributed by atoms with Crippen LogP contribution in [0.25, 0.3) is 0 Å². The van der Waals surface area contributed by atoms with Gasteiger partial charge in [-0.15, -0.1) is 0 Å². The molecule has 20 heavy (non-hydrogen) atoms. The largest absolute Gasteiger partial charge is 0.393 e. The summed E-state index contributed by atoms with van der Waals surface area (Å²) in [6.45, 7) is 2.22. The van der Waals surface area contributed by atoms with E-state index >= 15 is 0 Å². The van der Waals surface area contributed by atoms with E-state index in [1.165, 1.54) is 44.9 Å². The smallest absolute Gasteiger partial charge is 0.264 e. The molecule has 0 saturated heterocycles. The average Bonchev–Trinajstić information content (AvgIpc) is 2.35. The van der Waals surface area contributed by atoms with E-state index < -0.39 is 16.2 Å². The summed E-state index contributed by atoms with van der Waals surface area (Å²) in [5, 5.41) is 9.67. The zero-order valence-corrected chi connectivity index (χ0v) is 13.7. The van der Waals surface area contributed by atoms with Gasteiger partial charge in [-0.1, -0.05) is 64.7 Å². The van der Waals surface area contributed by atoms with Crippen LogP contribution in [-0.2, 0) is 10.1 Å². The van der Waals surface area contributed by atoms with Gasteiger partial charge in [0.15, 0.2) is 0 Å². The summed E-state index contributed by atoms with van der Waals surface area (Å²) in [7, 11) is -3.87. The van der Waals surface area contributed by atoms with E-state index in [4.69, 9.17) is 4.55 Å². The third-order valence-corrected chi connectivity index (χ3v) is 4.39. The topological polar surface area (TPSA) is 74.6 Å². The van der Waals surface area contributed by atoms with E-state index in [0.717, 1.165) is 19.3 Å². The lowest BCUT2D eigenvalue weighted by Crippen LogP contribution is -2.10. The zero-order chi connectivity index (χ0) is 15.3. The number of rotatable bonds is 14. The minimum Gasteiger partial charge on any atom is -0.393 e. The number of aliphatic hydroxyl groups excluding tert-OH is 1. The van der Waals surface area contributed by atoms with Gasteiger partial charge < -0.3 is 5.11 Å². The monoisotopic (exact) mass is 308 g/mol. The summed E-state index contributed by atoms with van der Waals surface area (Å²) in [6.07, 6.45) is 12.4. The Bertz CT molecular complexity index is 301. The van der Waals surface area contributed by atoms with Crippen LogP contribution in [0, 0.1) is 0 Å². The first-order valence-electron chi connectivity index (χ1n) is 8.09.